The number of hydrogen-bond acceptors (Lipinski definition) is 3. The Balaban J connectivity index is 2.39. The molecule has 0 N–H and O–H groups in total. The van der Waals surface area contributed by atoms with Gasteiger partial charge in [-0.1, -0.05) is 23.2 Å². The fourth-order valence-electron chi connectivity index (χ4n) is 1.82. The Labute approximate surface area is 118 Å². The van der Waals surface area contributed by atoms with Crippen molar-refractivity contribution in [2.75, 3.05) is 11.4 Å². The van der Waals surface area contributed by atoms with E-state index in [1.165, 1.54) is 0 Å². The summed E-state index contributed by atoms with van der Waals surface area (Å²) >= 11 is 11.3. The maximum atomic E-state index is 13.3. The number of benzene rings is 1. The molecule has 0 aliphatic carbocycles. The standard InChI is InChI=1S/C10H7Cl2F2NO3S/c11-6-2-7(12)9(3-8(6)13)15-4-5(1-10(15)16)19(14,17)18/h2-3,5H,1,4H2. The third kappa shape index (κ3) is 2.82. The number of hydrogen-bond donors (Lipinski definition) is 0. The van der Waals surface area contributed by atoms with Gasteiger partial charge < -0.3 is 4.90 Å². The largest absolute Gasteiger partial charge is 0.309 e. The van der Waals surface area contributed by atoms with Crippen molar-refractivity contribution in [1.82, 2.24) is 0 Å². The zero-order chi connectivity index (χ0) is 14.4. The third-order valence-electron chi connectivity index (χ3n) is 2.77. The fraction of sp³-hybridized carbons (Fsp3) is 0.300. The van der Waals surface area contributed by atoms with Crippen molar-refractivity contribution in [2.45, 2.75) is 11.7 Å². The van der Waals surface area contributed by atoms with Gasteiger partial charge in [0.25, 0.3) is 0 Å². The second kappa shape index (κ2) is 4.88. The molecule has 1 unspecified atom stereocenters. The molecule has 1 atom stereocenters. The lowest BCUT2D eigenvalue weighted by atomic mass is 10.3. The van der Waals surface area contributed by atoms with Gasteiger partial charge in [-0.3, -0.25) is 4.79 Å². The van der Waals surface area contributed by atoms with E-state index in [2.05, 4.69) is 0 Å². The molecule has 19 heavy (non-hydrogen) atoms. The van der Waals surface area contributed by atoms with E-state index in [1.807, 2.05) is 0 Å². The minimum Gasteiger partial charge on any atom is -0.309 e. The van der Waals surface area contributed by atoms with Crippen LogP contribution in [-0.4, -0.2) is 26.1 Å². The molecule has 0 saturated carbocycles. The number of carbonyl (C=O) groups excluding carboxylic acids is 1. The van der Waals surface area contributed by atoms with E-state index in [4.69, 9.17) is 23.2 Å². The number of carbonyl (C=O) groups is 1. The highest BCUT2D eigenvalue weighted by molar-refractivity contribution is 7.87. The maximum absolute atomic E-state index is 13.3. The Morgan fingerprint density at radius 1 is 1.26 bits per heavy atom. The van der Waals surface area contributed by atoms with Crippen molar-refractivity contribution in [2.24, 2.45) is 0 Å². The SMILES string of the molecule is O=C1CC(S(=O)(=O)F)CN1c1cc(F)c(Cl)cc1Cl. The van der Waals surface area contributed by atoms with E-state index in [0.29, 0.717) is 0 Å². The zero-order valence-electron chi connectivity index (χ0n) is 9.24. The minimum atomic E-state index is -4.83. The number of nitrogens with zero attached hydrogens (tertiary/aromatic N) is 1. The molecule has 1 aromatic rings. The molecule has 1 saturated heterocycles. The summed E-state index contributed by atoms with van der Waals surface area (Å²) in [4.78, 5) is 12.6. The van der Waals surface area contributed by atoms with Crippen molar-refractivity contribution in [3.63, 3.8) is 0 Å². The third-order valence-corrected chi connectivity index (χ3v) is 4.47. The lowest BCUT2D eigenvalue weighted by Gasteiger charge is -2.18. The fourth-order valence-corrected chi connectivity index (χ4v) is 2.97. The van der Waals surface area contributed by atoms with Crippen LogP contribution in [0.15, 0.2) is 12.1 Å². The van der Waals surface area contributed by atoms with Crippen LogP contribution in [0, 0.1) is 5.82 Å². The van der Waals surface area contributed by atoms with Crippen molar-refractivity contribution in [1.29, 1.82) is 0 Å². The van der Waals surface area contributed by atoms with Crippen LogP contribution >= 0.6 is 23.2 Å². The molecule has 4 nitrogen and oxygen atoms in total. The first-order chi connectivity index (χ1) is 8.70. The van der Waals surface area contributed by atoms with Crippen molar-refractivity contribution < 1.29 is 21.5 Å². The highest BCUT2D eigenvalue weighted by Crippen LogP contribution is 2.34. The van der Waals surface area contributed by atoms with Crippen LogP contribution < -0.4 is 4.90 Å². The average molecular weight is 330 g/mol. The van der Waals surface area contributed by atoms with E-state index >= 15 is 0 Å². The molecular weight excluding hydrogens is 323 g/mol. The quantitative estimate of drug-likeness (QED) is 0.619. The van der Waals surface area contributed by atoms with E-state index in [0.717, 1.165) is 17.0 Å². The molecule has 1 aliphatic rings. The molecule has 1 amide bonds. The molecule has 2 rings (SSSR count). The predicted molar refractivity (Wildman–Crippen MR) is 67.2 cm³/mol. The first-order valence-corrected chi connectivity index (χ1v) is 7.29. The van der Waals surface area contributed by atoms with E-state index in [1.54, 1.807) is 0 Å². The summed E-state index contributed by atoms with van der Waals surface area (Å²) in [5, 5.41) is -1.71. The van der Waals surface area contributed by atoms with Gasteiger partial charge in [-0.2, -0.15) is 8.42 Å². The lowest BCUT2D eigenvalue weighted by molar-refractivity contribution is -0.117. The summed E-state index contributed by atoms with van der Waals surface area (Å²) in [6.07, 6.45) is -0.501. The van der Waals surface area contributed by atoms with Gasteiger partial charge in [0, 0.05) is 19.0 Å². The van der Waals surface area contributed by atoms with Crippen LogP contribution in [-0.2, 0) is 15.0 Å². The molecule has 0 bridgehead atoms. The van der Waals surface area contributed by atoms with Gasteiger partial charge >= 0.3 is 10.2 Å². The van der Waals surface area contributed by atoms with Gasteiger partial charge in [0.15, 0.2) is 0 Å². The monoisotopic (exact) mass is 329 g/mol. The van der Waals surface area contributed by atoms with Crippen LogP contribution in [0.1, 0.15) is 6.42 Å². The van der Waals surface area contributed by atoms with E-state index in [9.17, 15) is 21.5 Å². The molecule has 104 valence electrons. The molecule has 1 aliphatic heterocycles. The van der Waals surface area contributed by atoms with Gasteiger partial charge in [0.2, 0.25) is 5.91 Å². The number of rotatable bonds is 2. The van der Waals surface area contributed by atoms with Crippen LogP contribution in [0.4, 0.5) is 14.0 Å². The Bertz CT molecular complexity index is 650. The maximum Gasteiger partial charge on any atom is 0.307 e. The smallest absolute Gasteiger partial charge is 0.307 e. The molecule has 9 heteroatoms. The molecule has 1 aromatic carbocycles. The molecule has 0 spiro atoms. The highest BCUT2D eigenvalue weighted by atomic mass is 35.5. The van der Waals surface area contributed by atoms with Gasteiger partial charge in [-0.15, -0.1) is 3.89 Å². The molecule has 1 fully saturated rings. The van der Waals surface area contributed by atoms with Gasteiger partial charge in [-0.25, -0.2) is 4.39 Å². The van der Waals surface area contributed by atoms with Crippen LogP contribution in [0.25, 0.3) is 0 Å². The Morgan fingerprint density at radius 2 is 1.89 bits per heavy atom. The predicted octanol–water partition coefficient (Wildman–Crippen LogP) is 2.54. The van der Waals surface area contributed by atoms with Gasteiger partial charge in [0.05, 0.1) is 15.7 Å². The summed E-state index contributed by atoms with van der Waals surface area (Å²) in [6.45, 7) is -0.404. The van der Waals surface area contributed by atoms with Gasteiger partial charge in [0.1, 0.15) is 11.1 Å². The number of amides is 1. The summed E-state index contributed by atoms with van der Waals surface area (Å²) in [5.41, 5.74) is -0.0280. The van der Waals surface area contributed by atoms with Crippen molar-refractivity contribution >= 4 is 45.0 Å². The minimum absolute atomic E-state index is 0.0170. The second-order valence-corrected chi connectivity index (χ2v) is 6.46. The molecule has 1 heterocycles. The van der Waals surface area contributed by atoms with Crippen molar-refractivity contribution in [3.8, 4) is 0 Å². The van der Waals surface area contributed by atoms with Gasteiger partial charge in [-0.05, 0) is 6.07 Å². The Kier molecular flexibility index (Phi) is 3.72. The number of anilines is 1. The zero-order valence-corrected chi connectivity index (χ0v) is 11.6. The Hall–Kier alpha value is -0.920. The normalized spacial score (nSPS) is 20.1. The molecule has 0 radical (unpaired) electrons. The van der Waals surface area contributed by atoms with Crippen LogP contribution in [0.2, 0.25) is 10.0 Å². The Morgan fingerprint density at radius 3 is 2.42 bits per heavy atom. The summed E-state index contributed by atoms with van der Waals surface area (Å²) in [5.74, 6) is -1.45. The molecule has 0 aromatic heterocycles. The second-order valence-electron chi connectivity index (χ2n) is 4.02. The topological polar surface area (TPSA) is 54.5 Å². The van der Waals surface area contributed by atoms with E-state index < -0.39 is 40.2 Å². The number of halogens is 4. The summed E-state index contributed by atoms with van der Waals surface area (Å²) in [7, 11) is -4.83. The van der Waals surface area contributed by atoms with Crippen LogP contribution in [0.3, 0.4) is 0 Å². The summed E-state index contributed by atoms with van der Waals surface area (Å²) < 4.78 is 47.8. The first kappa shape index (κ1) is 14.5. The first-order valence-electron chi connectivity index (χ1n) is 5.08. The lowest BCUT2D eigenvalue weighted by Crippen LogP contribution is -2.27. The van der Waals surface area contributed by atoms with E-state index in [-0.39, 0.29) is 15.7 Å². The van der Waals surface area contributed by atoms with Crippen LogP contribution in [0.5, 0.6) is 0 Å². The van der Waals surface area contributed by atoms with Crippen molar-refractivity contribution in [3.05, 3.63) is 28.0 Å². The highest BCUT2D eigenvalue weighted by Gasteiger charge is 2.39. The average Bonchev–Trinajstić information content (AvgIpc) is 2.65. The molecular formula is C10H7Cl2F2NO3S. The summed E-state index contributed by atoms with van der Waals surface area (Å²) in [6, 6.07) is 2.01.